The highest BCUT2D eigenvalue weighted by atomic mass is 35.5. The number of nitrogens with one attached hydrogen (secondary N) is 3. The van der Waals surface area contributed by atoms with Gasteiger partial charge in [0.2, 0.25) is 29.5 Å². The van der Waals surface area contributed by atoms with Gasteiger partial charge in [0.1, 0.15) is 30.0 Å². The fraction of sp³-hybridized carbons (Fsp3) is 0.484. The lowest BCUT2D eigenvalue weighted by Crippen LogP contribution is -2.61. The first-order valence-corrected chi connectivity index (χ1v) is 15.4. The van der Waals surface area contributed by atoms with E-state index in [2.05, 4.69) is 16.0 Å². The zero-order chi connectivity index (χ0) is 33.1. The van der Waals surface area contributed by atoms with Crippen molar-refractivity contribution < 1.29 is 39.0 Å². The molecule has 1 aliphatic heterocycles. The van der Waals surface area contributed by atoms with Crippen molar-refractivity contribution in [1.29, 1.82) is 0 Å². The van der Waals surface area contributed by atoms with Gasteiger partial charge in [0.05, 0.1) is 6.10 Å². The molecule has 1 fully saturated rings. The van der Waals surface area contributed by atoms with Crippen molar-refractivity contribution in [3.63, 3.8) is 0 Å². The predicted octanol–water partition coefficient (Wildman–Crippen LogP) is 0.578. The maximum atomic E-state index is 13.7. The summed E-state index contributed by atoms with van der Waals surface area (Å²) < 4.78 is 0. The molecule has 1 unspecified atom stereocenters. The molecule has 45 heavy (non-hydrogen) atoms. The minimum absolute atomic E-state index is 0.120. The van der Waals surface area contributed by atoms with E-state index in [4.69, 9.17) is 22.4 Å². The zero-order valence-corrected chi connectivity index (χ0v) is 25.8. The number of aliphatic hydroxyl groups excluding tert-OH is 1. The average molecular weight is 646 g/mol. The number of carboxylic acids is 1. The number of hydrogen-bond donors (Lipinski definition) is 6. The van der Waals surface area contributed by atoms with Gasteiger partial charge in [-0.15, -0.1) is 11.6 Å². The van der Waals surface area contributed by atoms with Gasteiger partial charge in [0.25, 0.3) is 0 Å². The van der Waals surface area contributed by atoms with Gasteiger partial charge in [-0.25, -0.2) is 0 Å². The number of primary amides is 1. The second-order valence-electron chi connectivity index (χ2n) is 11.1. The Morgan fingerprint density at radius 1 is 0.978 bits per heavy atom. The summed E-state index contributed by atoms with van der Waals surface area (Å²) in [5.74, 6) is -5.21. The van der Waals surface area contributed by atoms with Crippen LogP contribution in [0.15, 0.2) is 42.5 Å². The number of halogens is 1. The second kappa shape index (κ2) is 16.7. The van der Waals surface area contributed by atoms with Crippen molar-refractivity contribution in [2.45, 2.75) is 82.1 Å². The van der Waals surface area contributed by atoms with Crippen LogP contribution in [0.3, 0.4) is 0 Å². The zero-order valence-electron chi connectivity index (χ0n) is 25.0. The molecule has 5 atom stereocenters. The number of piperidine rings is 1. The summed E-state index contributed by atoms with van der Waals surface area (Å²) in [7, 11) is 0. The summed E-state index contributed by atoms with van der Waals surface area (Å²) in [5, 5.41) is 28.8. The normalized spacial score (nSPS) is 17.4. The van der Waals surface area contributed by atoms with Gasteiger partial charge in [-0.3, -0.25) is 28.8 Å². The topological polar surface area (TPSA) is 208 Å². The number of aliphatic hydroxyl groups is 1. The van der Waals surface area contributed by atoms with Crippen LogP contribution in [-0.2, 0) is 35.2 Å². The highest BCUT2D eigenvalue weighted by Crippen LogP contribution is 2.21. The molecule has 1 heterocycles. The van der Waals surface area contributed by atoms with Gasteiger partial charge in [-0.1, -0.05) is 42.5 Å². The number of amides is 5. The Hall–Kier alpha value is -4.23. The molecule has 244 valence electrons. The lowest BCUT2D eigenvalue weighted by molar-refractivity contribution is -0.146. The number of aryl methyl sites for hydroxylation is 1. The number of benzene rings is 2. The highest BCUT2D eigenvalue weighted by Gasteiger charge is 2.38. The van der Waals surface area contributed by atoms with Crippen LogP contribution in [-0.4, -0.2) is 93.3 Å². The molecular weight excluding hydrogens is 606 g/mol. The van der Waals surface area contributed by atoms with Crippen LogP contribution in [0.25, 0.3) is 10.8 Å². The van der Waals surface area contributed by atoms with E-state index in [9.17, 15) is 33.9 Å². The molecule has 2 aromatic carbocycles. The minimum atomic E-state index is -1.40. The first-order chi connectivity index (χ1) is 21.4. The second-order valence-corrected chi connectivity index (χ2v) is 11.4. The molecule has 0 aromatic heterocycles. The van der Waals surface area contributed by atoms with Gasteiger partial charge in [0.15, 0.2) is 0 Å². The summed E-state index contributed by atoms with van der Waals surface area (Å²) in [6.07, 6.45) is 0.0465. The molecule has 14 heteroatoms. The fourth-order valence-electron chi connectivity index (χ4n) is 5.35. The van der Waals surface area contributed by atoms with E-state index in [1.165, 1.54) is 11.8 Å². The van der Waals surface area contributed by atoms with E-state index in [0.29, 0.717) is 19.3 Å². The van der Waals surface area contributed by atoms with Crippen LogP contribution in [0.5, 0.6) is 0 Å². The van der Waals surface area contributed by atoms with Crippen LogP contribution in [0.2, 0.25) is 0 Å². The van der Waals surface area contributed by atoms with Crippen molar-refractivity contribution in [3.05, 3.63) is 48.0 Å². The smallest absolute Gasteiger partial charge is 0.303 e. The molecule has 1 saturated heterocycles. The standard InChI is InChI=1S/C31H40ClN5O8/c1-18(38)27(28(33)42)36-29(43)22(12-10-19-9-11-20-6-2-3-7-21(20)16-19)35-30(44)24-8-4-5-15-37(24)31(45)23(13-14-26(40)41)34-25(39)17-32/h2-3,6-7,9,11,16,18,22-24,27,38H,4-5,8,10,12-15,17H2,1H3,(H2,33,42)(H,34,39)(H,35,44)(H,36,43)(H,40,41)/t18?,22-,23-,24-,27-/m0/s1. The van der Waals surface area contributed by atoms with Gasteiger partial charge in [-0.2, -0.15) is 0 Å². The van der Waals surface area contributed by atoms with E-state index in [0.717, 1.165) is 16.3 Å². The van der Waals surface area contributed by atoms with Crippen molar-refractivity contribution in [1.82, 2.24) is 20.9 Å². The summed E-state index contributed by atoms with van der Waals surface area (Å²) in [6, 6.07) is 8.82. The number of nitrogens with zero attached hydrogens (tertiary/aromatic N) is 1. The van der Waals surface area contributed by atoms with Crippen LogP contribution < -0.4 is 21.7 Å². The maximum absolute atomic E-state index is 13.7. The Kier molecular flexibility index (Phi) is 13.1. The van der Waals surface area contributed by atoms with E-state index >= 15 is 0 Å². The summed E-state index contributed by atoms with van der Waals surface area (Å²) in [4.78, 5) is 77.0. The number of aliphatic carboxylic acids is 1. The van der Waals surface area contributed by atoms with E-state index < -0.39 is 78.1 Å². The predicted molar refractivity (Wildman–Crippen MR) is 166 cm³/mol. The Morgan fingerprint density at radius 2 is 1.69 bits per heavy atom. The van der Waals surface area contributed by atoms with Gasteiger partial charge in [-0.05, 0) is 61.8 Å². The molecule has 3 rings (SSSR count). The third kappa shape index (κ3) is 10.1. The molecule has 5 amide bonds. The SMILES string of the molecule is CC(O)[C@H](NC(=O)[C@H](CCc1ccc2ccccc2c1)NC(=O)[C@@H]1CCCCN1C(=O)[C@H](CCC(=O)O)NC(=O)CCl)C(N)=O. The first-order valence-electron chi connectivity index (χ1n) is 14.8. The van der Waals surface area contributed by atoms with Gasteiger partial charge < -0.3 is 36.8 Å². The molecule has 0 saturated carbocycles. The van der Waals surface area contributed by atoms with Crippen LogP contribution >= 0.6 is 11.6 Å². The van der Waals surface area contributed by atoms with Gasteiger partial charge >= 0.3 is 5.97 Å². The lowest BCUT2D eigenvalue weighted by atomic mass is 9.97. The Morgan fingerprint density at radius 3 is 2.33 bits per heavy atom. The number of rotatable bonds is 15. The van der Waals surface area contributed by atoms with Crippen LogP contribution in [0.1, 0.15) is 51.0 Å². The number of alkyl halides is 1. The number of carboxylic acid groups (broad SMARTS) is 1. The lowest BCUT2D eigenvalue weighted by Gasteiger charge is -2.37. The Labute approximate surface area is 265 Å². The number of fused-ring (bicyclic) bond motifs is 1. The number of nitrogens with two attached hydrogens (primary N) is 1. The molecule has 7 N–H and O–H groups in total. The molecule has 0 spiro atoms. The number of hydrogen-bond acceptors (Lipinski definition) is 7. The summed E-state index contributed by atoms with van der Waals surface area (Å²) in [5.41, 5.74) is 6.27. The van der Waals surface area contributed by atoms with Crippen molar-refractivity contribution >= 4 is 57.9 Å². The van der Waals surface area contributed by atoms with Crippen molar-refractivity contribution in [2.75, 3.05) is 12.4 Å². The summed E-state index contributed by atoms with van der Waals surface area (Å²) in [6.45, 7) is 1.48. The molecule has 0 bridgehead atoms. The molecule has 2 aromatic rings. The fourth-order valence-corrected chi connectivity index (χ4v) is 5.43. The molecule has 13 nitrogen and oxygen atoms in total. The number of likely N-dealkylation sites (tertiary alicyclic amines) is 1. The summed E-state index contributed by atoms with van der Waals surface area (Å²) >= 11 is 5.59. The quantitative estimate of drug-likeness (QED) is 0.151. The van der Waals surface area contributed by atoms with E-state index in [-0.39, 0.29) is 25.8 Å². The molecule has 0 aliphatic carbocycles. The first kappa shape index (κ1) is 35.3. The third-order valence-electron chi connectivity index (χ3n) is 7.75. The van der Waals surface area contributed by atoms with Gasteiger partial charge in [0, 0.05) is 13.0 Å². The van der Waals surface area contributed by atoms with E-state index in [1.807, 2.05) is 42.5 Å². The minimum Gasteiger partial charge on any atom is -0.481 e. The monoisotopic (exact) mass is 645 g/mol. The molecule has 1 aliphatic rings. The number of carbonyl (C=O) groups is 6. The van der Waals surface area contributed by atoms with E-state index in [1.54, 1.807) is 0 Å². The van der Waals surface area contributed by atoms with Crippen LogP contribution in [0, 0.1) is 0 Å². The third-order valence-corrected chi connectivity index (χ3v) is 7.99. The largest absolute Gasteiger partial charge is 0.481 e. The molecule has 0 radical (unpaired) electrons. The van der Waals surface area contributed by atoms with Crippen molar-refractivity contribution in [2.24, 2.45) is 5.73 Å². The molecular formula is C31H40ClN5O8. The highest BCUT2D eigenvalue weighted by molar-refractivity contribution is 6.27. The van der Waals surface area contributed by atoms with Crippen molar-refractivity contribution in [3.8, 4) is 0 Å². The number of carbonyl (C=O) groups excluding carboxylic acids is 5. The Balaban J connectivity index is 1.83. The average Bonchev–Trinajstić information content (AvgIpc) is 3.02. The van der Waals surface area contributed by atoms with Crippen LogP contribution in [0.4, 0.5) is 0 Å². The maximum Gasteiger partial charge on any atom is 0.303 e. The Bertz CT molecular complexity index is 1400.